The molecule has 0 saturated carbocycles. The molecule has 2 aromatic carbocycles. The van der Waals surface area contributed by atoms with Crippen LogP contribution >= 0.6 is 23.4 Å². The number of nitrogens with one attached hydrogen (secondary N) is 3. The number of hydrogen-bond acceptors (Lipinski definition) is 3. The second-order valence-corrected chi connectivity index (χ2v) is 6.46. The third-order valence-electron chi connectivity index (χ3n) is 3.22. The smallest absolute Gasteiger partial charge is 0.323 e. The molecule has 0 spiro atoms. The van der Waals surface area contributed by atoms with Crippen molar-refractivity contribution in [1.82, 2.24) is 9.97 Å². The number of imidazole rings is 1. The lowest BCUT2D eigenvalue weighted by Gasteiger charge is -2.06. The Morgan fingerprint density at radius 1 is 1.13 bits per heavy atom. The van der Waals surface area contributed by atoms with Crippen molar-refractivity contribution in [2.45, 2.75) is 11.3 Å². The van der Waals surface area contributed by atoms with E-state index in [9.17, 15) is 9.59 Å². The average Bonchev–Trinajstić information content (AvgIpc) is 2.88. The van der Waals surface area contributed by atoms with Crippen molar-refractivity contribution < 1.29 is 4.79 Å². The number of carbonyl (C=O) groups is 1. The summed E-state index contributed by atoms with van der Waals surface area (Å²) in [6, 6.07) is 12.8. The number of halogens is 1. The lowest BCUT2D eigenvalue weighted by molar-refractivity contribution is -0.115. The molecule has 1 heterocycles. The molecule has 5 nitrogen and oxygen atoms in total. The van der Waals surface area contributed by atoms with Gasteiger partial charge < -0.3 is 15.3 Å². The zero-order chi connectivity index (χ0) is 16.2. The van der Waals surface area contributed by atoms with Gasteiger partial charge in [0, 0.05) is 22.8 Å². The summed E-state index contributed by atoms with van der Waals surface area (Å²) in [6.45, 7) is 0. The van der Waals surface area contributed by atoms with Gasteiger partial charge in [-0.2, -0.15) is 0 Å². The zero-order valence-corrected chi connectivity index (χ0v) is 13.6. The van der Waals surface area contributed by atoms with E-state index in [1.165, 1.54) is 0 Å². The first kappa shape index (κ1) is 15.7. The Kier molecular flexibility index (Phi) is 4.73. The fourth-order valence-electron chi connectivity index (χ4n) is 2.15. The second kappa shape index (κ2) is 6.93. The van der Waals surface area contributed by atoms with Gasteiger partial charge in [-0.15, -0.1) is 11.8 Å². The molecule has 1 aromatic heterocycles. The highest BCUT2D eigenvalue weighted by Crippen LogP contribution is 2.27. The van der Waals surface area contributed by atoms with Crippen molar-refractivity contribution in [3.8, 4) is 0 Å². The number of fused-ring (bicyclic) bond motifs is 1. The highest BCUT2D eigenvalue weighted by atomic mass is 35.5. The van der Waals surface area contributed by atoms with E-state index in [2.05, 4.69) is 15.3 Å². The fourth-order valence-corrected chi connectivity index (χ4v) is 3.34. The highest BCUT2D eigenvalue weighted by Gasteiger charge is 2.06. The summed E-state index contributed by atoms with van der Waals surface area (Å²) < 4.78 is 0. The maximum Gasteiger partial charge on any atom is 0.323 e. The van der Waals surface area contributed by atoms with E-state index in [1.807, 2.05) is 24.3 Å². The van der Waals surface area contributed by atoms with Gasteiger partial charge in [-0.05, 0) is 30.3 Å². The molecular formula is C16H14ClN3O2S. The van der Waals surface area contributed by atoms with Crippen LogP contribution in [0.25, 0.3) is 11.0 Å². The molecule has 3 aromatic rings. The molecule has 0 aliphatic carbocycles. The quantitative estimate of drug-likeness (QED) is 0.617. The second-order valence-electron chi connectivity index (χ2n) is 4.92. The number of anilines is 1. The predicted octanol–water partition coefficient (Wildman–Crippen LogP) is 3.63. The Morgan fingerprint density at radius 3 is 2.74 bits per heavy atom. The SMILES string of the molecule is O=C(CCSc1ccccc1Cl)Nc1ccc2[nH]c(=O)[nH]c2c1. The van der Waals surface area contributed by atoms with Gasteiger partial charge in [0.05, 0.1) is 16.1 Å². The van der Waals surface area contributed by atoms with Gasteiger partial charge in [0.15, 0.2) is 0 Å². The molecule has 0 radical (unpaired) electrons. The Morgan fingerprint density at radius 2 is 1.91 bits per heavy atom. The van der Waals surface area contributed by atoms with Crippen LogP contribution in [-0.4, -0.2) is 21.6 Å². The molecule has 0 atom stereocenters. The van der Waals surface area contributed by atoms with Crippen molar-refractivity contribution in [2.75, 3.05) is 11.1 Å². The summed E-state index contributed by atoms with van der Waals surface area (Å²) in [5.74, 6) is 0.556. The monoisotopic (exact) mass is 347 g/mol. The summed E-state index contributed by atoms with van der Waals surface area (Å²) in [5.41, 5.74) is 1.76. The van der Waals surface area contributed by atoms with Crippen LogP contribution in [0.1, 0.15) is 6.42 Å². The Hall–Kier alpha value is -2.18. The van der Waals surface area contributed by atoms with Crippen molar-refractivity contribution in [2.24, 2.45) is 0 Å². The molecule has 0 bridgehead atoms. The number of amides is 1. The number of aromatic amines is 2. The molecule has 7 heteroatoms. The lowest BCUT2D eigenvalue weighted by atomic mass is 10.2. The van der Waals surface area contributed by atoms with E-state index in [0.29, 0.717) is 33.9 Å². The minimum absolute atomic E-state index is 0.0817. The number of carbonyl (C=O) groups excluding carboxylic acids is 1. The topological polar surface area (TPSA) is 77.8 Å². The maximum absolute atomic E-state index is 12.0. The van der Waals surface area contributed by atoms with E-state index in [4.69, 9.17) is 11.6 Å². The largest absolute Gasteiger partial charge is 0.326 e. The Bertz CT molecular complexity index is 903. The summed E-state index contributed by atoms with van der Waals surface area (Å²) in [7, 11) is 0. The molecule has 1 amide bonds. The van der Waals surface area contributed by atoms with Gasteiger partial charge in [0.25, 0.3) is 0 Å². The van der Waals surface area contributed by atoms with Gasteiger partial charge in [-0.1, -0.05) is 23.7 Å². The third kappa shape index (κ3) is 3.97. The molecule has 0 fully saturated rings. The average molecular weight is 348 g/mol. The number of benzene rings is 2. The van der Waals surface area contributed by atoms with Crippen LogP contribution in [0.3, 0.4) is 0 Å². The highest BCUT2D eigenvalue weighted by molar-refractivity contribution is 7.99. The van der Waals surface area contributed by atoms with Crippen LogP contribution in [0.15, 0.2) is 52.2 Å². The summed E-state index contributed by atoms with van der Waals surface area (Å²) in [4.78, 5) is 29.5. The minimum Gasteiger partial charge on any atom is -0.326 e. The first-order valence-corrected chi connectivity index (χ1v) is 8.37. The molecule has 3 N–H and O–H groups in total. The lowest BCUT2D eigenvalue weighted by Crippen LogP contribution is -2.12. The van der Waals surface area contributed by atoms with Gasteiger partial charge in [0.1, 0.15) is 0 Å². The normalized spacial score (nSPS) is 10.8. The summed E-state index contributed by atoms with van der Waals surface area (Å²) in [6.07, 6.45) is 0.373. The molecule has 118 valence electrons. The molecule has 23 heavy (non-hydrogen) atoms. The van der Waals surface area contributed by atoms with Crippen LogP contribution in [-0.2, 0) is 4.79 Å². The summed E-state index contributed by atoms with van der Waals surface area (Å²) >= 11 is 7.62. The number of H-pyrrole nitrogens is 2. The Labute approximate surface area is 141 Å². The predicted molar refractivity (Wildman–Crippen MR) is 94.3 cm³/mol. The fraction of sp³-hybridized carbons (Fsp3) is 0.125. The van der Waals surface area contributed by atoms with Crippen molar-refractivity contribution in [3.63, 3.8) is 0 Å². The molecule has 0 aliphatic rings. The zero-order valence-electron chi connectivity index (χ0n) is 12.1. The van der Waals surface area contributed by atoms with Crippen molar-refractivity contribution >= 4 is 46.0 Å². The molecule has 0 aliphatic heterocycles. The first-order valence-electron chi connectivity index (χ1n) is 7.01. The van der Waals surface area contributed by atoms with E-state index in [0.717, 1.165) is 4.90 Å². The van der Waals surface area contributed by atoms with Gasteiger partial charge in [-0.25, -0.2) is 4.79 Å². The number of hydrogen-bond donors (Lipinski definition) is 3. The summed E-state index contributed by atoms with van der Waals surface area (Å²) in [5, 5.41) is 3.52. The molecule has 0 saturated heterocycles. The molecular weight excluding hydrogens is 334 g/mol. The van der Waals surface area contributed by atoms with Crippen LogP contribution < -0.4 is 11.0 Å². The van der Waals surface area contributed by atoms with Gasteiger partial charge in [-0.3, -0.25) is 4.79 Å². The van der Waals surface area contributed by atoms with Crippen molar-refractivity contribution in [3.05, 3.63) is 58.0 Å². The van der Waals surface area contributed by atoms with Crippen LogP contribution in [0.2, 0.25) is 5.02 Å². The Balaban J connectivity index is 1.56. The molecule has 0 unspecified atom stereocenters. The van der Waals surface area contributed by atoms with E-state index >= 15 is 0 Å². The standard InChI is InChI=1S/C16H14ClN3O2S/c17-11-3-1-2-4-14(11)23-8-7-15(21)18-10-5-6-12-13(9-10)20-16(22)19-12/h1-6,9H,7-8H2,(H,18,21)(H2,19,20,22). The number of thioether (sulfide) groups is 1. The van der Waals surface area contributed by atoms with Gasteiger partial charge in [0.2, 0.25) is 5.91 Å². The first-order chi connectivity index (χ1) is 11.1. The minimum atomic E-state index is -0.264. The van der Waals surface area contributed by atoms with E-state index < -0.39 is 0 Å². The number of aromatic nitrogens is 2. The van der Waals surface area contributed by atoms with Crippen LogP contribution in [0, 0.1) is 0 Å². The third-order valence-corrected chi connectivity index (χ3v) is 4.74. The van der Waals surface area contributed by atoms with Crippen LogP contribution in [0.5, 0.6) is 0 Å². The maximum atomic E-state index is 12.0. The van der Waals surface area contributed by atoms with E-state index in [1.54, 1.807) is 30.0 Å². The molecule has 3 rings (SSSR count). The van der Waals surface area contributed by atoms with Crippen molar-refractivity contribution in [1.29, 1.82) is 0 Å². The van der Waals surface area contributed by atoms with Gasteiger partial charge >= 0.3 is 5.69 Å². The van der Waals surface area contributed by atoms with E-state index in [-0.39, 0.29) is 11.6 Å². The number of rotatable bonds is 5. The van der Waals surface area contributed by atoms with Crippen LogP contribution in [0.4, 0.5) is 5.69 Å².